The van der Waals surface area contributed by atoms with E-state index in [1.54, 1.807) is 12.1 Å². The molecule has 3 aromatic rings. The van der Waals surface area contributed by atoms with E-state index in [0.29, 0.717) is 24.0 Å². The fraction of sp³-hybridized carbons (Fsp3) is 0.571. The smallest absolute Gasteiger partial charge is 0.178 e. The van der Waals surface area contributed by atoms with Gasteiger partial charge >= 0.3 is 0 Å². The Bertz CT molecular complexity index is 1070. The molecule has 0 amide bonds. The first-order chi connectivity index (χ1) is 15.1. The molecule has 2 fully saturated rings. The van der Waals surface area contributed by atoms with Crippen molar-refractivity contribution in [1.82, 2.24) is 24.6 Å². The number of aryl methyl sites for hydroxylation is 1. The zero-order valence-electron chi connectivity index (χ0n) is 17.4. The van der Waals surface area contributed by atoms with E-state index in [1.807, 2.05) is 0 Å². The topological polar surface area (TPSA) is 117 Å². The lowest BCUT2D eigenvalue weighted by Crippen LogP contribution is -2.49. The summed E-state index contributed by atoms with van der Waals surface area (Å²) in [6.45, 7) is 7.12. The van der Waals surface area contributed by atoms with Crippen LogP contribution in [-0.4, -0.2) is 81.7 Å². The molecule has 2 aliphatic heterocycles. The number of phenolic OH excluding ortho intramolecular Hbond substituents is 1. The Morgan fingerprint density at radius 3 is 2.74 bits per heavy atom. The molecule has 0 bridgehead atoms. The average Bonchev–Trinajstić information content (AvgIpc) is 3.41. The van der Waals surface area contributed by atoms with Gasteiger partial charge < -0.3 is 25.1 Å². The Kier molecular flexibility index (Phi) is 5.51. The van der Waals surface area contributed by atoms with Crippen LogP contribution in [-0.2, 0) is 11.3 Å². The maximum atomic E-state index is 12.7. The number of nitrogens with zero attached hydrogens (tertiary/aromatic N) is 6. The molecule has 0 radical (unpaired) electrons. The van der Waals surface area contributed by atoms with Crippen molar-refractivity contribution in [3.8, 4) is 11.5 Å². The van der Waals surface area contributed by atoms with Crippen molar-refractivity contribution in [3.63, 3.8) is 0 Å². The molecular formula is C21H27N6O4-. The number of phenols is 1. The molecule has 2 aliphatic rings. The minimum atomic E-state index is -0.387. The fourth-order valence-electron chi connectivity index (χ4n) is 4.71. The molecule has 31 heavy (non-hydrogen) atoms. The highest BCUT2D eigenvalue weighted by atomic mass is 16.5. The standard InChI is InChI=1S/C21H28N6O4/c28-20-16-5-1-6-22-17(16)21(29)19-18(20)23-27(30)26(19)8-3-7-24-9-11-25(12-10-24)14-15-4-2-13-31-15/h1,5-6,15,28-29H,2-4,7-14H2/p-1. The van der Waals surface area contributed by atoms with Gasteiger partial charge in [-0.25, -0.2) is 0 Å². The third-order valence-corrected chi connectivity index (χ3v) is 6.39. The van der Waals surface area contributed by atoms with E-state index < -0.39 is 0 Å². The van der Waals surface area contributed by atoms with Crippen molar-refractivity contribution in [2.45, 2.75) is 31.9 Å². The number of benzene rings is 1. The Labute approximate surface area is 179 Å². The monoisotopic (exact) mass is 427 g/mol. The van der Waals surface area contributed by atoms with E-state index in [1.165, 1.54) is 17.3 Å². The third-order valence-electron chi connectivity index (χ3n) is 6.39. The molecule has 1 unspecified atom stereocenters. The van der Waals surface area contributed by atoms with Crippen LogP contribution in [0.4, 0.5) is 0 Å². The van der Waals surface area contributed by atoms with Gasteiger partial charge in [-0.1, -0.05) is 11.8 Å². The summed E-state index contributed by atoms with van der Waals surface area (Å²) in [5.74, 6) is -0.559. The Morgan fingerprint density at radius 2 is 1.97 bits per heavy atom. The van der Waals surface area contributed by atoms with Gasteiger partial charge in [-0.15, -0.1) is 4.68 Å². The molecule has 1 N–H and O–H groups in total. The highest BCUT2D eigenvalue weighted by Gasteiger charge is 2.24. The number of rotatable bonds is 6. The second-order valence-electron chi connectivity index (χ2n) is 8.38. The zero-order valence-corrected chi connectivity index (χ0v) is 17.4. The summed E-state index contributed by atoms with van der Waals surface area (Å²) >= 11 is 0. The predicted octanol–water partition coefficient (Wildman–Crippen LogP) is 0.184. The van der Waals surface area contributed by atoms with E-state index in [2.05, 4.69) is 19.9 Å². The highest BCUT2D eigenvalue weighted by molar-refractivity contribution is 6.05. The Morgan fingerprint density at radius 1 is 1.16 bits per heavy atom. The van der Waals surface area contributed by atoms with Crippen molar-refractivity contribution in [2.24, 2.45) is 0 Å². The Balaban J connectivity index is 1.23. The van der Waals surface area contributed by atoms with Gasteiger partial charge in [-0.2, -0.15) is 0 Å². The molecule has 1 atom stereocenters. The minimum absolute atomic E-state index is 0.0178. The second kappa shape index (κ2) is 8.45. The van der Waals surface area contributed by atoms with Crippen LogP contribution < -0.4 is 10.1 Å². The van der Waals surface area contributed by atoms with Crippen LogP contribution in [0.2, 0.25) is 0 Å². The van der Waals surface area contributed by atoms with Crippen LogP contribution in [0.25, 0.3) is 21.9 Å². The lowest BCUT2D eigenvalue weighted by Gasteiger charge is -2.35. The average molecular weight is 427 g/mol. The van der Waals surface area contributed by atoms with E-state index in [-0.39, 0.29) is 33.4 Å². The van der Waals surface area contributed by atoms with Crippen LogP contribution in [0.5, 0.6) is 11.5 Å². The molecule has 10 heteroatoms. The zero-order chi connectivity index (χ0) is 21.4. The predicted molar refractivity (Wildman–Crippen MR) is 112 cm³/mol. The number of aromatic nitrogens is 4. The van der Waals surface area contributed by atoms with Gasteiger partial charge in [0.25, 0.3) is 0 Å². The summed E-state index contributed by atoms with van der Waals surface area (Å²) < 4.78 is 7.06. The molecule has 2 aromatic heterocycles. The lowest BCUT2D eigenvalue weighted by molar-refractivity contribution is -0.746. The first-order valence-corrected chi connectivity index (χ1v) is 10.9. The maximum Gasteiger partial charge on any atom is 0.178 e. The van der Waals surface area contributed by atoms with Crippen LogP contribution in [0.15, 0.2) is 18.3 Å². The van der Waals surface area contributed by atoms with E-state index >= 15 is 0 Å². The Hall–Kier alpha value is -2.69. The van der Waals surface area contributed by atoms with Crippen LogP contribution in [0.3, 0.4) is 0 Å². The first-order valence-electron chi connectivity index (χ1n) is 10.9. The molecule has 5 rings (SSSR count). The van der Waals surface area contributed by atoms with E-state index in [0.717, 1.165) is 52.3 Å². The van der Waals surface area contributed by atoms with Crippen molar-refractivity contribution in [3.05, 3.63) is 23.5 Å². The van der Waals surface area contributed by atoms with Crippen molar-refractivity contribution >= 4 is 21.9 Å². The van der Waals surface area contributed by atoms with Crippen LogP contribution in [0, 0.1) is 5.21 Å². The molecule has 166 valence electrons. The number of ether oxygens (including phenoxy) is 1. The van der Waals surface area contributed by atoms with Crippen LogP contribution >= 0.6 is 0 Å². The maximum absolute atomic E-state index is 12.7. The summed E-state index contributed by atoms with van der Waals surface area (Å²) in [6.07, 6.45) is 4.95. The van der Waals surface area contributed by atoms with Crippen LogP contribution in [0.1, 0.15) is 19.3 Å². The summed E-state index contributed by atoms with van der Waals surface area (Å²) in [5, 5.41) is 39.8. The van der Waals surface area contributed by atoms with E-state index in [9.17, 15) is 15.4 Å². The largest absolute Gasteiger partial charge is 0.870 e. The highest BCUT2D eigenvalue weighted by Crippen LogP contribution is 2.37. The SMILES string of the molecule is [O-]c1c2cccnc2c(O)c2c1n[n+]([O-])n2CCCN1CCN(CC2CCCO2)CC1. The van der Waals surface area contributed by atoms with Crippen molar-refractivity contribution in [2.75, 3.05) is 45.9 Å². The molecule has 0 aliphatic carbocycles. The lowest BCUT2D eigenvalue weighted by atomic mass is 10.1. The van der Waals surface area contributed by atoms with Gasteiger partial charge in [0.2, 0.25) is 0 Å². The summed E-state index contributed by atoms with van der Waals surface area (Å²) in [4.78, 5) is 9.37. The van der Waals surface area contributed by atoms with Gasteiger partial charge in [-0.05, 0) is 30.7 Å². The molecule has 2 saturated heterocycles. The molecule has 1 aromatic carbocycles. The number of fused-ring (bicyclic) bond motifs is 2. The van der Waals surface area contributed by atoms with Gasteiger partial charge in [0.05, 0.1) is 12.6 Å². The number of hydrogen-bond donors (Lipinski definition) is 1. The number of piperazine rings is 1. The minimum Gasteiger partial charge on any atom is -0.870 e. The molecular weight excluding hydrogens is 400 g/mol. The normalized spacial score (nSPS) is 20.8. The number of pyridine rings is 1. The molecule has 4 heterocycles. The van der Waals surface area contributed by atoms with Crippen molar-refractivity contribution < 1.29 is 19.9 Å². The second-order valence-corrected chi connectivity index (χ2v) is 8.38. The van der Waals surface area contributed by atoms with Crippen molar-refractivity contribution in [1.29, 1.82) is 0 Å². The number of hydrogen-bond acceptors (Lipinski definition) is 8. The van der Waals surface area contributed by atoms with Gasteiger partial charge in [-0.3, -0.25) is 9.88 Å². The third kappa shape index (κ3) is 3.86. The molecule has 0 saturated carbocycles. The van der Waals surface area contributed by atoms with E-state index in [4.69, 9.17) is 4.74 Å². The van der Waals surface area contributed by atoms with Gasteiger partial charge in [0.15, 0.2) is 16.8 Å². The first kappa shape index (κ1) is 20.2. The quantitative estimate of drug-likeness (QED) is 0.438. The summed E-state index contributed by atoms with van der Waals surface area (Å²) in [7, 11) is 0. The fourth-order valence-corrected chi connectivity index (χ4v) is 4.71. The number of aromatic hydroxyl groups is 1. The molecule has 10 nitrogen and oxygen atoms in total. The van der Waals surface area contributed by atoms with Gasteiger partial charge in [0.1, 0.15) is 5.52 Å². The summed E-state index contributed by atoms with van der Waals surface area (Å²) in [5.41, 5.74) is 0.340. The molecule has 0 spiro atoms. The summed E-state index contributed by atoms with van der Waals surface area (Å²) in [6, 6.07) is 3.20. The van der Waals surface area contributed by atoms with Gasteiger partial charge in [0, 0.05) is 62.1 Å².